The summed E-state index contributed by atoms with van der Waals surface area (Å²) in [4.78, 5) is 11.7. The van der Waals surface area contributed by atoms with E-state index in [4.69, 9.17) is 9.47 Å². The van der Waals surface area contributed by atoms with Gasteiger partial charge in [-0.2, -0.15) is 0 Å². The molecule has 0 fully saturated rings. The van der Waals surface area contributed by atoms with Gasteiger partial charge in [-0.05, 0) is 45.4 Å². The van der Waals surface area contributed by atoms with E-state index in [0.717, 1.165) is 10.0 Å². The molecule has 0 aliphatic carbocycles. The van der Waals surface area contributed by atoms with Crippen molar-refractivity contribution in [3.8, 4) is 0 Å². The minimum absolute atomic E-state index is 0.334. The van der Waals surface area contributed by atoms with Crippen molar-refractivity contribution in [2.24, 2.45) is 0 Å². The lowest BCUT2D eigenvalue weighted by Crippen LogP contribution is -2.31. The molecule has 0 heterocycles. The fraction of sp³-hybridized carbons (Fsp3) is 0.500. The van der Waals surface area contributed by atoms with Crippen molar-refractivity contribution in [3.63, 3.8) is 0 Å². The Balaban J connectivity index is 2.43. The predicted molar refractivity (Wildman–Crippen MR) is 74.2 cm³/mol. The molecule has 4 heteroatoms. The Bertz CT molecular complexity index is 392. The first-order valence-corrected chi connectivity index (χ1v) is 6.66. The molecule has 0 aliphatic heterocycles. The van der Waals surface area contributed by atoms with E-state index >= 15 is 0 Å². The van der Waals surface area contributed by atoms with Crippen LogP contribution in [0.25, 0.3) is 0 Å². The van der Waals surface area contributed by atoms with Gasteiger partial charge >= 0.3 is 5.97 Å². The van der Waals surface area contributed by atoms with Crippen LogP contribution < -0.4 is 0 Å². The van der Waals surface area contributed by atoms with Gasteiger partial charge in [0.15, 0.2) is 6.10 Å². The largest absolute Gasteiger partial charge is 0.458 e. The van der Waals surface area contributed by atoms with Crippen molar-refractivity contribution in [2.45, 2.75) is 46.0 Å². The molecular formula is C14H19BrO3. The minimum Gasteiger partial charge on any atom is -0.458 e. The number of halogens is 1. The minimum atomic E-state index is -0.562. The van der Waals surface area contributed by atoms with Gasteiger partial charge in [0, 0.05) is 4.47 Å². The summed E-state index contributed by atoms with van der Waals surface area (Å²) in [6, 6.07) is 7.78. The zero-order valence-electron chi connectivity index (χ0n) is 11.2. The van der Waals surface area contributed by atoms with Gasteiger partial charge < -0.3 is 9.47 Å². The van der Waals surface area contributed by atoms with Gasteiger partial charge in [0.05, 0.1) is 6.61 Å². The molecule has 1 rings (SSSR count). The molecule has 18 heavy (non-hydrogen) atoms. The molecule has 1 aromatic rings. The molecule has 1 aromatic carbocycles. The van der Waals surface area contributed by atoms with Crippen LogP contribution in [0.15, 0.2) is 28.7 Å². The molecule has 0 amide bonds. The highest BCUT2D eigenvalue weighted by atomic mass is 79.9. The van der Waals surface area contributed by atoms with Crippen LogP contribution in [0.2, 0.25) is 0 Å². The lowest BCUT2D eigenvalue weighted by molar-refractivity contribution is -0.168. The molecule has 0 saturated heterocycles. The summed E-state index contributed by atoms with van der Waals surface area (Å²) >= 11 is 3.37. The summed E-state index contributed by atoms with van der Waals surface area (Å²) in [6.07, 6.45) is -0.562. The first-order chi connectivity index (χ1) is 8.28. The van der Waals surface area contributed by atoms with Crippen molar-refractivity contribution in [3.05, 3.63) is 34.3 Å². The second kappa shape index (κ2) is 6.34. The Labute approximate surface area is 117 Å². The van der Waals surface area contributed by atoms with Gasteiger partial charge in [-0.3, -0.25) is 0 Å². The maximum Gasteiger partial charge on any atom is 0.335 e. The van der Waals surface area contributed by atoms with E-state index in [1.165, 1.54) is 0 Å². The molecular weight excluding hydrogens is 296 g/mol. The number of carbonyl (C=O) groups is 1. The third-order valence-electron chi connectivity index (χ3n) is 2.15. The lowest BCUT2D eigenvalue weighted by atomic mass is 10.2. The Morgan fingerprint density at radius 3 is 2.33 bits per heavy atom. The van der Waals surface area contributed by atoms with Crippen molar-refractivity contribution >= 4 is 21.9 Å². The van der Waals surface area contributed by atoms with Crippen LogP contribution in [0.4, 0.5) is 0 Å². The number of hydrogen-bond acceptors (Lipinski definition) is 3. The average molecular weight is 315 g/mol. The first-order valence-electron chi connectivity index (χ1n) is 5.87. The van der Waals surface area contributed by atoms with E-state index in [9.17, 15) is 4.79 Å². The third kappa shape index (κ3) is 5.65. The summed E-state index contributed by atoms with van der Waals surface area (Å²) in [6.45, 7) is 7.62. The lowest BCUT2D eigenvalue weighted by Gasteiger charge is -2.22. The summed E-state index contributed by atoms with van der Waals surface area (Å²) in [5.41, 5.74) is 0.542. The third-order valence-corrected chi connectivity index (χ3v) is 2.68. The Kier molecular flexibility index (Phi) is 5.35. The molecule has 0 aliphatic rings. The highest BCUT2D eigenvalue weighted by Gasteiger charge is 2.22. The highest BCUT2D eigenvalue weighted by Crippen LogP contribution is 2.13. The molecule has 0 aromatic heterocycles. The molecule has 0 spiro atoms. The van der Waals surface area contributed by atoms with E-state index in [0.29, 0.717) is 6.61 Å². The van der Waals surface area contributed by atoms with Gasteiger partial charge in [-0.25, -0.2) is 4.79 Å². The predicted octanol–water partition coefficient (Wildman–Crippen LogP) is 3.70. The molecule has 0 radical (unpaired) electrons. The first kappa shape index (κ1) is 15.2. The quantitative estimate of drug-likeness (QED) is 0.795. The molecule has 0 bridgehead atoms. The van der Waals surface area contributed by atoms with Crippen LogP contribution in [-0.2, 0) is 20.9 Å². The Hall–Kier alpha value is -0.870. The smallest absolute Gasteiger partial charge is 0.335 e. The fourth-order valence-corrected chi connectivity index (χ4v) is 1.52. The number of benzene rings is 1. The van der Waals surface area contributed by atoms with Crippen LogP contribution in [0.1, 0.15) is 33.3 Å². The maximum atomic E-state index is 11.7. The van der Waals surface area contributed by atoms with Crippen LogP contribution in [0.3, 0.4) is 0 Å². The SMILES string of the molecule is CC(OCc1ccc(Br)cc1)C(=O)OC(C)(C)C. The van der Waals surface area contributed by atoms with Gasteiger partial charge in [0.25, 0.3) is 0 Å². The molecule has 3 nitrogen and oxygen atoms in total. The molecule has 0 N–H and O–H groups in total. The van der Waals surface area contributed by atoms with Crippen LogP contribution in [0.5, 0.6) is 0 Å². The molecule has 0 saturated carbocycles. The average Bonchev–Trinajstić information content (AvgIpc) is 2.25. The molecule has 1 atom stereocenters. The molecule has 100 valence electrons. The second-order valence-corrected chi connectivity index (χ2v) is 6.03. The van der Waals surface area contributed by atoms with Gasteiger partial charge in [0.1, 0.15) is 5.60 Å². The van der Waals surface area contributed by atoms with Gasteiger partial charge in [-0.15, -0.1) is 0 Å². The summed E-state index contributed by atoms with van der Waals surface area (Å²) in [5, 5.41) is 0. The number of carbonyl (C=O) groups excluding carboxylic acids is 1. The van der Waals surface area contributed by atoms with Crippen LogP contribution in [-0.4, -0.2) is 17.7 Å². The van der Waals surface area contributed by atoms with Crippen molar-refractivity contribution in [1.29, 1.82) is 0 Å². The fourth-order valence-electron chi connectivity index (χ4n) is 1.25. The van der Waals surface area contributed by atoms with E-state index < -0.39 is 11.7 Å². The molecule has 1 unspecified atom stereocenters. The van der Waals surface area contributed by atoms with E-state index in [2.05, 4.69) is 15.9 Å². The van der Waals surface area contributed by atoms with Gasteiger partial charge in [0.2, 0.25) is 0 Å². The second-order valence-electron chi connectivity index (χ2n) is 5.11. The summed E-state index contributed by atoms with van der Waals surface area (Å²) < 4.78 is 11.7. The van der Waals surface area contributed by atoms with Crippen LogP contribution in [0, 0.1) is 0 Å². The zero-order valence-corrected chi connectivity index (χ0v) is 12.8. The van der Waals surface area contributed by atoms with Crippen molar-refractivity contribution < 1.29 is 14.3 Å². The Morgan fingerprint density at radius 2 is 1.83 bits per heavy atom. The maximum absolute atomic E-state index is 11.7. The summed E-state index contributed by atoms with van der Waals surface area (Å²) in [5.74, 6) is -0.334. The Morgan fingerprint density at radius 1 is 1.28 bits per heavy atom. The van der Waals surface area contributed by atoms with Crippen LogP contribution >= 0.6 is 15.9 Å². The van der Waals surface area contributed by atoms with E-state index in [1.54, 1.807) is 6.92 Å². The summed E-state index contributed by atoms with van der Waals surface area (Å²) in [7, 11) is 0. The normalized spacial score (nSPS) is 13.2. The standard InChI is InChI=1S/C14H19BrO3/c1-10(13(16)18-14(2,3)4)17-9-11-5-7-12(15)8-6-11/h5-8,10H,9H2,1-4H3. The van der Waals surface area contributed by atoms with Crippen molar-refractivity contribution in [1.82, 2.24) is 0 Å². The highest BCUT2D eigenvalue weighted by molar-refractivity contribution is 9.10. The number of hydrogen-bond donors (Lipinski definition) is 0. The topological polar surface area (TPSA) is 35.5 Å². The number of rotatable bonds is 4. The van der Waals surface area contributed by atoms with E-state index in [1.807, 2.05) is 45.0 Å². The monoisotopic (exact) mass is 314 g/mol. The zero-order chi connectivity index (χ0) is 13.8. The number of ether oxygens (including phenoxy) is 2. The van der Waals surface area contributed by atoms with Gasteiger partial charge in [-0.1, -0.05) is 28.1 Å². The van der Waals surface area contributed by atoms with Crippen molar-refractivity contribution in [2.75, 3.05) is 0 Å². The van der Waals surface area contributed by atoms with E-state index in [-0.39, 0.29) is 5.97 Å². The number of esters is 1.